The minimum Gasteiger partial charge on any atom is -0.461 e. The van der Waals surface area contributed by atoms with Gasteiger partial charge in [0.05, 0.1) is 0 Å². The van der Waals surface area contributed by atoms with Crippen molar-refractivity contribution in [3.05, 3.63) is 84.8 Å². The molecule has 2 heterocycles. The number of aromatic nitrogens is 1. The predicted octanol–water partition coefficient (Wildman–Crippen LogP) is 5.04. The first-order chi connectivity index (χ1) is 13.8. The molecule has 0 saturated heterocycles. The van der Waals surface area contributed by atoms with Crippen molar-refractivity contribution >= 4 is 16.8 Å². The van der Waals surface area contributed by atoms with Crippen LogP contribution in [0.2, 0.25) is 0 Å². The molecule has 142 valence electrons. The fourth-order valence-electron chi connectivity index (χ4n) is 3.41. The third-order valence-electron chi connectivity index (χ3n) is 4.90. The summed E-state index contributed by atoms with van der Waals surface area (Å²) in [6.45, 7) is 1.57. The van der Waals surface area contributed by atoms with Gasteiger partial charge in [-0.05, 0) is 36.1 Å². The topological polar surface area (TPSA) is 47.2 Å². The first kappa shape index (κ1) is 18.1. The fourth-order valence-corrected chi connectivity index (χ4v) is 3.41. The van der Waals surface area contributed by atoms with Crippen molar-refractivity contribution in [2.75, 3.05) is 6.54 Å². The smallest absolute Gasteiger partial charge is 0.220 e. The van der Waals surface area contributed by atoms with Crippen molar-refractivity contribution in [3.8, 4) is 11.3 Å². The van der Waals surface area contributed by atoms with Gasteiger partial charge in [0.25, 0.3) is 0 Å². The van der Waals surface area contributed by atoms with Crippen LogP contribution in [-0.4, -0.2) is 17.0 Å². The second-order valence-electron chi connectivity index (χ2n) is 6.90. The van der Waals surface area contributed by atoms with Gasteiger partial charge in [-0.25, -0.2) is 0 Å². The summed E-state index contributed by atoms with van der Waals surface area (Å²) in [6, 6.07) is 24.4. The molecule has 0 radical (unpaired) electrons. The van der Waals surface area contributed by atoms with Crippen LogP contribution in [-0.2, 0) is 17.8 Å². The molecule has 0 spiro atoms. The Hall–Kier alpha value is -3.27. The molecule has 2 aromatic heterocycles. The van der Waals surface area contributed by atoms with Gasteiger partial charge in [-0.3, -0.25) is 4.79 Å². The van der Waals surface area contributed by atoms with E-state index in [1.54, 1.807) is 0 Å². The number of amides is 1. The molecule has 4 aromatic rings. The highest BCUT2D eigenvalue weighted by atomic mass is 16.3. The number of benzene rings is 2. The van der Waals surface area contributed by atoms with E-state index in [1.807, 2.05) is 42.5 Å². The number of nitrogens with zero attached hydrogens (tertiary/aromatic N) is 1. The van der Waals surface area contributed by atoms with E-state index in [1.165, 1.54) is 10.9 Å². The van der Waals surface area contributed by atoms with Crippen LogP contribution in [0.3, 0.4) is 0 Å². The first-order valence-corrected chi connectivity index (χ1v) is 9.74. The van der Waals surface area contributed by atoms with Crippen LogP contribution < -0.4 is 5.32 Å². The van der Waals surface area contributed by atoms with Crippen LogP contribution >= 0.6 is 0 Å². The number of furan rings is 1. The number of rotatable bonds is 8. The summed E-state index contributed by atoms with van der Waals surface area (Å²) >= 11 is 0. The molecule has 4 nitrogen and oxygen atoms in total. The first-order valence-electron chi connectivity index (χ1n) is 9.74. The maximum Gasteiger partial charge on any atom is 0.220 e. The zero-order valence-corrected chi connectivity index (χ0v) is 15.8. The van der Waals surface area contributed by atoms with Gasteiger partial charge in [-0.15, -0.1) is 0 Å². The van der Waals surface area contributed by atoms with Gasteiger partial charge < -0.3 is 14.3 Å². The van der Waals surface area contributed by atoms with Gasteiger partial charge in [-0.1, -0.05) is 48.5 Å². The van der Waals surface area contributed by atoms with Gasteiger partial charge in [0.1, 0.15) is 11.5 Å². The number of carbonyl (C=O) groups excluding carboxylic acids is 1. The Morgan fingerprint density at radius 2 is 1.75 bits per heavy atom. The van der Waals surface area contributed by atoms with Gasteiger partial charge >= 0.3 is 0 Å². The molecule has 0 aliphatic rings. The lowest BCUT2D eigenvalue weighted by atomic mass is 10.2. The van der Waals surface area contributed by atoms with Gasteiger partial charge in [0.15, 0.2) is 0 Å². The van der Waals surface area contributed by atoms with Crippen molar-refractivity contribution in [3.63, 3.8) is 0 Å². The Morgan fingerprint density at radius 1 is 0.929 bits per heavy atom. The Balaban J connectivity index is 1.20. The van der Waals surface area contributed by atoms with Gasteiger partial charge in [0, 0.05) is 43.2 Å². The summed E-state index contributed by atoms with van der Waals surface area (Å²) in [5.41, 5.74) is 2.29. The fraction of sp³-hybridized carbons (Fsp3) is 0.208. The van der Waals surface area contributed by atoms with E-state index < -0.39 is 0 Å². The summed E-state index contributed by atoms with van der Waals surface area (Å²) in [5, 5.41) is 4.26. The van der Waals surface area contributed by atoms with E-state index in [0.29, 0.717) is 19.4 Å². The van der Waals surface area contributed by atoms with E-state index >= 15 is 0 Å². The molecule has 0 aliphatic carbocycles. The maximum absolute atomic E-state index is 12.1. The van der Waals surface area contributed by atoms with E-state index in [4.69, 9.17) is 4.42 Å². The molecular weight excluding hydrogens is 348 g/mol. The van der Waals surface area contributed by atoms with Crippen molar-refractivity contribution < 1.29 is 9.21 Å². The molecule has 0 bridgehead atoms. The number of hydrogen-bond donors (Lipinski definition) is 1. The van der Waals surface area contributed by atoms with Gasteiger partial charge in [-0.2, -0.15) is 0 Å². The normalized spacial score (nSPS) is 11.0. The van der Waals surface area contributed by atoms with Crippen molar-refractivity contribution in [2.24, 2.45) is 0 Å². The van der Waals surface area contributed by atoms with E-state index in [-0.39, 0.29) is 5.91 Å². The van der Waals surface area contributed by atoms with Gasteiger partial charge in [0.2, 0.25) is 5.91 Å². The highest BCUT2D eigenvalue weighted by molar-refractivity contribution is 5.80. The number of para-hydroxylation sites is 1. The molecule has 1 amide bonds. The van der Waals surface area contributed by atoms with Crippen molar-refractivity contribution in [1.29, 1.82) is 0 Å². The molecule has 28 heavy (non-hydrogen) atoms. The average molecular weight is 372 g/mol. The van der Waals surface area contributed by atoms with Crippen LogP contribution in [0.25, 0.3) is 22.2 Å². The number of carbonyl (C=O) groups is 1. The highest BCUT2D eigenvalue weighted by Gasteiger charge is 2.07. The van der Waals surface area contributed by atoms with Crippen LogP contribution in [0, 0.1) is 0 Å². The van der Waals surface area contributed by atoms with Crippen molar-refractivity contribution in [1.82, 2.24) is 9.88 Å². The Bertz CT molecular complexity index is 1050. The molecule has 0 atom stereocenters. The zero-order chi connectivity index (χ0) is 19.2. The second kappa shape index (κ2) is 8.61. The second-order valence-corrected chi connectivity index (χ2v) is 6.90. The zero-order valence-electron chi connectivity index (χ0n) is 15.8. The van der Waals surface area contributed by atoms with Crippen LogP contribution in [0.5, 0.6) is 0 Å². The Kier molecular flexibility index (Phi) is 5.57. The molecule has 0 unspecified atom stereocenters. The Morgan fingerprint density at radius 3 is 2.64 bits per heavy atom. The monoisotopic (exact) mass is 372 g/mol. The third kappa shape index (κ3) is 4.34. The number of hydrogen-bond acceptors (Lipinski definition) is 2. The standard InChI is InChI=1S/C24H24N2O2/c27-24(14-12-21-11-13-23(28-21)20-8-2-1-3-9-20)25-16-6-17-26-18-15-19-7-4-5-10-22(19)26/h1-5,7-11,13,15,18H,6,12,14,16-17H2,(H,25,27). The lowest BCUT2D eigenvalue weighted by Crippen LogP contribution is -2.25. The Labute approximate surface area is 164 Å². The van der Waals surface area contributed by atoms with Crippen LogP contribution in [0.1, 0.15) is 18.6 Å². The summed E-state index contributed by atoms with van der Waals surface area (Å²) < 4.78 is 8.08. The van der Waals surface area contributed by atoms with E-state index in [2.05, 4.69) is 46.4 Å². The lowest BCUT2D eigenvalue weighted by Gasteiger charge is -2.07. The summed E-state index contributed by atoms with van der Waals surface area (Å²) in [7, 11) is 0. The molecule has 0 saturated carbocycles. The number of nitrogens with one attached hydrogen (secondary N) is 1. The molecule has 0 aliphatic heterocycles. The molecule has 4 rings (SSSR count). The summed E-state index contributed by atoms with van der Waals surface area (Å²) in [5.74, 6) is 1.75. The molecular formula is C24H24N2O2. The van der Waals surface area contributed by atoms with E-state index in [0.717, 1.165) is 30.0 Å². The minimum absolute atomic E-state index is 0.0648. The highest BCUT2D eigenvalue weighted by Crippen LogP contribution is 2.22. The van der Waals surface area contributed by atoms with Crippen molar-refractivity contribution in [2.45, 2.75) is 25.8 Å². The quantitative estimate of drug-likeness (QED) is 0.441. The molecule has 4 heteroatoms. The van der Waals surface area contributed by atoms with Crippen LogP contribution in [0.15, 0.2) is 83.4 Å². The maximum atomic E-state index is 12.1. The average Bonchev–Trinajstić information content (AvgIpc) is 3.38. The summed E-state index contributed by atoms with van der Waals surface area (Å²) in [6.07, 6.45) is 4.06. The minimum atomic E-state index is 0.0648. The third-order valence-corrected chi connectivity index (χ3v) is 4.90. The molecule has 2 aromatic carbocycles. The van der Waals surface area contributed by atoms with E-state index in [9.17, 15) is 4.79 Å². The predicted molar refractivity (Wildman–Crippen MR) is 112 cm³/mol. The SMILES string of the molecule is O=C(CCc1ccc(-c2ccccc2)o1)NCCCn1ccc2ccccc21. The largest absolute Gasteiger partial charge is 0.461 e. The lowest BCUT2D eigenvalue weighted by molar-refractivity contribution is -0.121. The van der Waals surface area contributed by atoms with Crippen LogP contribution in [0.4, 0.5) is 0 Å². The summed E-state index contributed by atoms with van der Waals surface area (Å²) in [4.78, 5) is 12.1. The number of aryl methyl sites for hydroxylation is 2. The molecule has 1 N–H and O–H groups in total. The number of fused-ring (bicyclic) bond motifs is 1. The molecule has 0 fully saturated rings.